The van der Waals surface area contributed by atoms with Crippen LogP contribution in [0.3, 0.4) is 0 Å². The van der Waals surface area contributed by atoms with Crippen LogP contribution in [0.15, 0.2) is 29.3 Å². The van der Waals surface area contributed by atoms with Gasteiger partial charge in [-0.1, -0.05) is 23.7 Å². The highest BCUT2D eigenvalue weighted by molar-refractivity contribution is 6.30. The van der Waals surface area contributed by atoms with Gasteiger partial charge in [-0.3, -0.25) is 4.99 Å². The first-order chi connectivity index (χ1) is 12.2. The SMILES string of the molecule is CN=C(NCCNC(=O)OC(C)(C)C)NCC(OC)c1cccc(Cl)c1. The topological polar surface area (TPSA) is 84.0 Å². The molecule has 0 aliphatic heterocycles. The molecule has 0 radical (unpaired) electrons. The van der Waals surface area contributed by atoms with Gasteiger partial charge >= 0.3 is 6.09 Å². The van der Waals surface area contributed by atoms with E-state index in [2.05, 4.69) is 20.9 Å². The van der Waals surface area contributed by atoms with Crippen molar-refractivity contribution in [1.82, 2.24) is 16.0 Å². The van der Waals surface area contributed by atoms with Gasteiger partial charge < -0.3 is 25.4 Å². The maximum absolute atomic E-state index is 11.6. The third-order valence-corrected chi connectivity index (χ3v) is 3.50. The largest absolute Gasteiger partial charge is 0.444 e. The predicted molar refractivity (Wildman–Crippen MR) is 105 cm³/mol. The zero-order chi connectivity index (χ0) is 19.6. The molecule has 3 N–H and O–H groups in total. The molecule has 1 rings (SSSR count). The van der Waals surface area contributed by atoms with E-state index in [0.717, 1.165) is 5.56 Å². The molecule has 0 heterocycles. The van der Waals surface area contributed by atoms with Crippen molar-refractivity contribution in [2.45, 2.75) is 32.5 Å². The van der Waals surface area contributed by atoms with E-state index in [-0.39, 0.29) is 6.10 Å². The van der Waals surface area contributed by atoms with E-state index >= 15 is 0 Å². The standard InChI is InChI=1S/C18H29ClN4O3/c1-18(2,3)26-17(24)22-10-9-21-16(20-4)23-12-15(25-5)13-7-6-8-14(19)11-13/h6-8,11,15H,9-10,12H2,1-5H3,(H,22,24)(H2,20,21,23). The van der Waals surface area contributed by atoms with Crippen LogP contribution in [0.1, 0.15) is 32.4 Å². The normalized spacial score (nSPS) is 13.1. The minimum Gasteiger partial charge on any atom is -0.444 e. The first kappa shape index (κ1) is 22.1. The first-order valence-electron chi connectivity index (χ1n) is 8.45. The summed E-state index contributed by atoms with van der Waals surface area (Å²) in [6.07, 6.45) is -0.602. The number of carbonyl (C=O) groups excluding carboxylic acids is 1. The summed E-state index contributed by atoms with van der Waals surface area (Å²) in [6.45, 7) is 6.91. The van der Waals surface area contributed by atoms with Crippen LogP contribution in [0.4, 0.5) is 4.79 Å². The van der Waals surface area contributed by atoms with Crippen molar-refractivity contribution >= 4 is 23.7 Å². The Morgan fingerprint density at radius 2 is 1.92 bits per heavy atom. The molecule has 0 fully saturated rings. The molecule has 1 aromatic rings. The second-order valence-electron chi connectivity index (χ2n) is 6.59. The highest BCUT2D eigenvalue weighted by atomic mass is 35.5. The van der Waals surface area contributed by atoms with Crippen LogP contribution in [-0.2, 0) is 9.47 Å². The van der Waals surface area contributed by atoms with E-state index in [1.54, 1.807) is 14.2 Å². The lowest BCUT2D eigenvalue weighted by molar-refractivity contribution is 0.0529. The summed E-state index contributed by atoms with van der Waals surface area (Å²) in [5, 5.41) is 9.66. The van der Waals surface area contributed by atoms with Crippen LogP contribution in [-0.4, -0.2) is 51.4 Å². The van der Waals surface area contributed by atoms with Crippen LogP contribution in [0.25, 0.3) is 0 Å². The number of halogens is 1. The molecule has 1 atom stereocenters. The van der Waals surface area contributed by atoms with Crippen molar-refractivity contribution in [2.24, 2.45) is 4.99 Å². The maximum Gasteiger partial charge on any atom is 0.407 e. The molecule has 8 heteroatoms. The summed E-state index contributed by atoms with van der Waals surface area (Å²) in [4.78, 5) is 15.7. The minimum absolute atomic E-state index is 0.160. The fourth-order valence-corrected chi connectivity index (χ4v) is 2.31. The molecular formula is C18H29ClN4O3. The van der Waals surface area contributed by atoms with Crippen molar-refractivity contribution in [2.75, 3.05) is 33.8 Å². The Bertz CT molecular complexity index is 602. The number of ether oxygens (including phenoxy) is 2. The average Bonchev–Trinajstić information content (AvgIpc) is 2.55. The van der Waals surface area contributed by atoms with Gasteiger partial charge in [-0.05, 0) is 38.5 Å². The minimum atomic E-state index is -0.509. The fourth-order valence-electron chi connectivity index (χ4n) is 2.11. The Morgan fingerprint density at radius 3 is 2.50 bits per heavy atom. The third kappa shape index (κ3) is 8.92. The summed E-state index contributed by atoms with van der Waals surface area (Å²) in [6, 6.07) is 7.55. The Hall–Kier alpha value is -1.99. The monoisotopic (exact) mass is 384 g/mol. The number of amides is 1. The Morgan fingerprint density at radius 1 is 1.23 bits per heavy atom. The Labute approximate surface area is 160 Å². The van der Waals surface area contributed by atoms with Crippen molar-refractivity contribution in [3.8, 4) is 0 Å². The van der Waals surface area contributed by atoms with Crippen LogP contribution >= 0.6 is 11.6 Å². The lowest BCUT2D eigenvalue weighted by atomic mass is 10.1. The molecule has 0 saturated heterocycles. The van der Waals surface area contributed by atoms with Gasteiger partial charge in [-0.2, -0.15) is 0 Å². The molecule has 1 aromatic carbocycles. The van der Waals surface area contributed by atoms with E-state index < -0.39 is 11.7 Å². The number of hydrogen-bond donors (Lipinski definition) is 3. The lowest BCUT2D eigenvalue weighted by Gasteiger charge is -2.20. The van der Waals surface area contributed by atoms with Gasteiger partial charge in [0.2, 0.25) is 0 Å². The van der Waals surface area contributed by atoms with Crippen molar-refractivity contribution in [1.29, 1.82) is 0 Å². The maximum atomic E-state index is 11.6. The van der Waals surface area contributed by atoms with Crippen molar-refractivity contribution < 1.29 is 14.3 Å². The number of aliphatic imine (C=N–C) groups is 1. The fraction of sp³-hybridized carbons (Fsp3) is 0.556. The Kier molecular flexibility index (Phi) is 9.23. The first-order valence-corrected chi connectivity index (χ1v) is 8.82. The number of guanidine groups is 1. The average molecular weight is 385 g/mol. The molecule has 7 nitrogen and oxygen atoms in total. The lowest BCUT2D eigenvalue weighted by Crippen LogP contribution is -2.43. The summed E-state index contributed by atoms with van der Waals surface area (Å²) in [7, 11) is 3.33. The van der Waals surface area contributed by atoms with Gasteiger partial charge in [-0.15, -0.1) is 0 Å². The van der Waals surface area contributed by atoms with Crippen LogP contribution < -0.4 is 16.0 Å². The molecule has 0 saturated carbocycles. The second kappa shape index (κ2) is 10.9. The van der Waals surface area contributed by atoms with Gasteiger partial charge in [0.15, 0.2) is 5.96 Å². The zero-order valence-electron chi connectivity index (χ0n) is 16.1. The number of benzene rings is 1. The van der Waals surface area contributed by atoms with Crippen molar-refractivity contribution in [3.05, 3.63) is 34.9 Å². The van der Waals surface area contributed by atoms with Crippen LogP contribution in [0.5, 0.6) is 0 Å². The molecule has 1 amide bonds. The summed E-state index contributed by atoms with van der Waals surface area (Å²) >= 11 is 6.03. The van der Waals surface area contributed by atoms with E-state index in [1.807, 2.05) is 45.0 Å². The number of rotatable bonds is 7. The summed E-state index contributed by atoms with van der Waals surface area (Å²) in [5.74, 6) is 0.611. The van der Waals surface area contributed by atoms with E-state index in [1.165, 1.54) is 0 Å². The van der Waals surface area contributed by atoms with Gasteiger partial charge in [0.05, 0.1) is 6.10 Å². The number of carbonyl (C=O) groups is 1. The highest BCUT2D eigenvalue weighted by Gasteiger charge is 2.15. The van der Waals surface area contributed by atoms with E-state index in [0.29, 0.717) is 30.6 Å². The van der Waals surface area contributed by atoms with E-state index in [4.69, 9.17) is 21.1 Å². The number of nitrogens with one attached hydrogen (secondary N) is 3. The van der Waals surface area contributed by atoms with Crippen LogP contribution in [0, 0.1) is 0 Å². The number of hydrogen-bond acceptors (Lipinski definition) is 4. The highest BCUT2D eigenvalue weighted by Crippen LogP contribution is 2.19. The second-order valence-corrected chi connectivity index (χ2v) is 7.02. The molecule has 146 valence electrons. The molecule has 1 unspecified atom stereocenters. The molecule has 0 aromatic heterocycles. The molecule has 26 heavy (non-hydrogen) atoms. The molecular weight excluding hydrogens is 356 g/mol. The predicted octanol–water partition coefficient (Wildman–Crippen LogP) is 2.72. The van der Waals surface area contributed by atoms with Gasteiger partial charge in [-0.25, -0.2) is 4.79 Å². The smallest absolute Gasteiger partial charge is 0.407 e. The summed E-state index contributed by atoms with van der Waals surface area (Å²) in [5.41, 5.74) is 0.472. The van der Waals surface area contributed by atoms with E-state index in [9.17, 15) is 4.79 Å². The van der Waals surface area contributed by atoms with Crippen molar-refractivity contribution in [3.63, 3.8) is 0 Å². The molecule has 0 aliphatic carbocycles. The molecule has 0 bridgehead atoms. The van der Waals surface area contributed by atoms with Gasteiger partial charge in [0.25, 0.3) is 0 Å². The third-order valence-electron chi connectivity index (χ3n) is 3.27. The molecule has 0 spiro atoms. The van der Waals surface area contributed by atoms with Gasteiger partial charge in [0.1, 0.15) is 5.60 Å². The molecule has 0 aliphatic rings. The zero-order valence-corrected chi connectivity index (χ0v) is 16.8. The van der Waals surface area contributed by atoms with Gasteiger partial charge in [0, 0.05) is 38.8 Å². The number of alkyl carbamates (subject to hydrolysis) is 1. The Balaban J connectivity index is 2.37. The quantitative estimate of drug-likeness (QED) is 0.382. The van der Waals surface area contributed by atoms with Crippen LogP contribution in [0.2, 0.25) is 5.02 Å². The number of nitrogens with zero attached hydrogens (tertiary/aromatic N) is 1. The summed E-state index contributed by atoms with van der Waals surface area (Å²) < 4.78 is 10.7. The number of methoxy groups -OCH3 is 1.